The van der Waals surface area contributed by atoms with Crippen LogP contribution in [0.15, 0.2) is 24.3 Å². The van der Waals surface area contributed by atoms with Crippen LogP contribution in [0.1, 0.15) is 24.1 Å². The second kappa shape index (κ2) is 7.43. The van der Waals surface area contributed by atoms with E-state index in [0.717, 1.165) is 19.6 Å². The Labute approximate surface area is 105 Å². The summed E-state index contributed by atoms with van der Waals surface area (Å²) >= 11 is 0. The van der Waals surface area contributed by atoms with Gasteiger partial charge in [-0.15, -0.1) is 0 Å². The Balaban J connectivity index is 2.84. The summed E-state index contributed by atoms with van der Waals surface area (Å²) in [6.07, 6.45) is 1.05. The van der Waals surface area contributed by atoms with Crippen molar-refractivity contribution in [2.45, 2.75) is 19.4 Å². The lowest BCUT2D eigenvalue weighted by atomic mass is 9.97. The highest BCUT2D eigenvalue weighted by Gasteiger charge is 2.17. The highest BCUT2D eigenvalue weighted by atomic mass is 16.5. The molecule has 0 amide bonds. The van der Waals surface area contributed by atoms with Gasteiger partial charge >= 0.3 is 0 Å². The van der Waals surface area contributed by atoms with Crippen LogP contribution in [-0.4, -0.2) is 38.8 Å². The molecule has 0 heterocycles. The molecule has 0 aliphatic carbocycles. The highest BCUT2D eigenvalue weighted by Crippen LogP contribution is 2.22. The zero-order valence-corrected chi connectivity index (χ0v) is 11.1. The first-order chi connectivity index (χ1) is 8.24. The van der Waals surface area contributed by atoms with Crippen molar-refractivity contribution in [3.63, 3.8) is 0 Å². The maximum atomic E-state index is 5.92. The summed E-state index contributed by atoms with van der Waals surface area (Å²) in [5.41, 5.74) is 8.64. The number of hydrogen-bond donors (Lipinski definition) is 1. The van der Waals surface area contributed by atoms with Gasteiger partial charge in [0.1, 0.15) is 0 Å². The van der Waals surface area contributed by atoms with Gasteiger partial charge in [-0.3, -0.25) is 4.90 Å². The number of aryl methyl sites for hydroxylation is 1. The van der Waals surface area contributed by atoms with Crippen LogP contribution in [0.3, 0.4) is 0 Å². The fraction of sp³-hybridized carbons (Fsp3) is 0.571. The van der Waals surface area contributed by atoms with Gasteiger partial charge in [-0.25, -0.2) is 0 Å². The summed E-state index contributed by atoms with van der Waals surface area (Å²) < 4.78 is 5.12. The Bertz CT molecular complexity index is 328. The number of nitrogens with zero attached hydrogens (tertiary/aromatic N) is 1. The molecule has 1 aromatic rings. The number of methoxy groups -OCH3 is 1. The molecule has 0 radical (unpaired) electrons. The van der Waals surface area contributed by atoms with Crippen molar-refractivity contribution < 1.29 is 4.74 Å². The zero-order chi connectivity index (χ0) is 12.7. The lowest BCUT2D eigenvalue weighted by molar-refractivity contribution is 0.140. The molecule has 1 rings (SSSR count). The molecule has 1 atom stereocenters. The third-order valence-corrected chi connectivity index (χ3v) is 3.20. The van der Waals surface area contributed by atoms with Crippen molar-refractivity contribution in [1.82, 2.24) is 4.90 Å². The van der Waals surface area contributed by atoms with Crippen LogP contribution in [0.5, 0.6) is 0 Å². The van der Waals surface area contributed by atoms with Gasteiger partial charge in [-0.1, -0.05) is 31.2 Å². The largest absolute Gasteiger partial charge is 0.383 e. The minimum Gasteiger partial charge on any atom is -0.383 e. The predicted octanol–water partition coefficient (Wildman–Crippen LogP) is 1.83. The van der Waals surface area contributed by atoms with E-state index in [9.17, 15) is 0 Å². The quantitative estimate of drug-likeness (QED) is 0.785. The maximum Gasteiger partial charge on any atom is 0.0589 e. The Morgan fingerprint density at radius 1 is 1.35 bits per heavy atom. The van der Waals surface area contributed by atoms with Gasteiger partial charge in [-0.2, -0.15) is 0 Å². The van der Waals surface area contributed by atoms with Gasteiger partial charge in [0.25, 0.3) is 0 Å². The molecule has 0 aromatic heterocycles. The first-order valence-corrected chi connectivity index (χ1v) is 6.21. The van der Waals surface area contributed by atoms with E-state index in [2.05, 4.69) is 43.1 Å². The number of benzene rings is 1. The van der Waals surface area contributed by atoms with Crippen LogP contribution in [0.2, 0.25) is 0 Å². The van der Waals surface area contributed by atoms with Gasteiger partial charge in [0.15, 0.2) is 0 Å². The van der Waals surface area contributed by atoms with Gasteiger partial charge < -0.3 is 10.5 Å². The summed E-state index contributed by atoms with van der Waals surface area (Å²) in [5.74, 6) is 0. The topological polar surface area (TPSA) is 38.5 Å². The van der Waals surface area contributed by atoms with E-state index >= 15 is 0 Å². The fourth-order valence-corrected chi connectivity index (χ4v) is 2.12. The van der Waals surface area contributed by atoms with Crippen molar-refractivity contribution in [2.75, 3.05) is 33.9 Å². The van der Waals surface area contributed by atoms with E-state index in [1.54, 1.807) is 7.11 Å². The van der Waals surface area contributed by atoms with E-state index < -0.39 is 0 Å². The number of likely N-dealkylation sites (N-methyl/N-ethyl adjacent to an activating group) is 1. The minimum absolute atomic E-state index is 0.279. The fourth-order valence-electron chi connectivity index (χ4n) is 2.12. The molecule has 0 aliphatic rings. The van der Waals surface area contributed by atoms with Crippen LogP contribution in [0, 0.1) is 0 Å². The van der Waals surface area contributed by atoms with Crippen molar-refractivity contribution >= 4 is 0 Å². The highest BCUT2D eigenvalue weighted by molar-refractivity contribution is 5.30. The third kappa shape index (κ3) is 3.80. The summed E-state index contributed by atoms with van der Waals surface area (Å²) in [7, 11) is 3.83. The van der Waals surface area contributed by atoms with Gasteiger partial charge in [0.05, 0.1) is 6.61 Å². The van der Waals surface area contributed by atoms with E-state index in [4.69, 9.17) is 10.5 Å². The maximum absolute atomic E-state index is 5.92. The number of hydrogen-bond acceptors (Lipinski definition) is 3. The van der Waals surface area contributed by atoms with Crippen LogP contribution >= 0.6 is 0 Å². The van der Waals surface area contributed by atoms with Gasteiger partial charge in [0, 0.05) is 26.2 Å². The summed E-state index contributed by atoms with van der Waals surface area (Å²) in [4.78, 5) is 2.26. The lowest BCUT2D eigenvalue weighted by Gasteiger charge is -2.28. The molecule has 0 saturated carbocycles. The molecule has 0 fully saturated rings. The molecule has 0 aliphatic heterocycles. The minimum atomic E-state index is 0.279. The summed E-state index contributed by atoms with van der Waals surface area (Å²) in [6, 6.07) is 8.81. The van der Waals surface area contributed by atoms with Crippen LogP contribution in [-0.2, 0) is 11.2 Å². The number of rotatable bonds is 7. The van der Waals surface area contributed by atoms with E-state index in [-0.39, 0.29) is 6.04 Å². The van der Waals surface area contributed by atoms with Crippen LogP contribution < -0.4 is 5.73 Å². The smallest absolute Gasteiger partial charge is 0.0589 e. The lowest BCUT2D eigenvalue weighted by Crippen LogP contribution is -2.33. The van der Waals surface area contributed by atoms with Gasteiger partial charge in [-0.05, 0) is 24.6 Å². The number of nitrogens with two attached hydrogens (primary N) is 1. The van der Waals surface area contributed by atoms with Crippen molar-refractivity contribution in [1.29, 1.82) is 0 Å². The van der Waals surface area contributed by atoms with Gasteiger partial charge in [0.2, 0.25) is 0 Å². The molecule has 0 bridgehead atoms. The Kier molecular flexibility index (Phi) is 6.19. The molecule has 0 saturated heterocycles. The molecule has 3 heteroatoms. The van der Waals surface area contributed by atoms with Crippen LogP contribution in [0.4, 0.5) is 0 Å². The Morgan fingerprint density at radius 3 is 2.65 bits per heavy atom. The average Bonchev–Trinajstić information content (AvgIpc) is 2.37. The SMILES string of the molecule is CCc1ccccc1C(CN)N(C)CCOC. The standard InChI is InChI=1S/C14H24N2O/c1-4-12-7-5-6-8-13(12)14(11-15)16(2)9-10-17-3/h5-8,14H,4,9-11,15H2,1-3H3. The van der Waals surface area contributed by atoms with Crippen LogP contribution in [0.25, 0.3) is 0 Å². The molecule has 3 nitrogen and oxygen atoms in total. The Morgan fingerprint density at radius 2 is 2.06 bits per heavy atom. The molecular weight excluding hydrogens is 212 g/mol. The average molecular weight is 236 g/mol. The molecule has 0 spiro atoms. The first kappa shape index (κ1) is 14.2. The summed E-state index contributed by atoms with van der Waals surface area (Å²) in [6.45, 7) is 4.45. The van der Waals surface area contributed by atoms with E-state index in [1.165, 1.54) is 11.1 Å². The monoisotopic (exact) mass is 236 g/mol. The van der Waals surface area contributed by atoms with Crippen molar-refractivity contribution in [3.05, 3.63) is 35.4 Å². The second-order valence-corrected chi connectivity index (χ2v) is 4.28. The number of ether oxygens (including phenoxy) is 1. The van der Waals surface area contributed by atoms with E-state index in [0.29, 0.717) is 6.54 Å². The molecule has 96 valence electrons. The molecular formula is C14H24N2O. The Hall–Kier alpha value is -0.900. The summed E-state index contributed by atoms with van der Waals surface area (Å²) in [5, 5.41) is 0. The zero-order valence-electron chi connectivity index (χ0n) is 11.1. The van der Waals surface area contributed by atoms with Crippen molar-refractivity contribution in [3.8, 4) is 0 Å². The molecule has 1 aromatic carbocycles. The molecule has 17 heavy (non-hydrogen) atoms. The molecule has 1 unspecified atom stereocenters. The van der Waals surface area contributed by atoms with E-state index in [1.807, 2.05) is 0 Å². The van der Waals surface area contributed by atoms with Crippen molar-refractivity contribution in [2.24, 2.45) is 5.73 Å². The second-order valence-electron chi connectivity index (χ2n) is 4.28. The molecule has 2 N–H and O–H groups in total. The normalized spacial score (nSPS) is 13.0. The predicted molar refractivity (Wildman–Crippen MR) is 72.1 cm³/mol. The first-order valence-electron chi connectivity index (χ1n) is 6.21. The third-order valence-electron chi connectivity index (χ3n) is 3.20.